The zero-order valence-electron chi connectivity index (χ0n) is 10.2. The second kappa shape index (κ2) is 5.63. The van der Waals surface area contributed by atoms with Crippen LogP contribution in [0.4, 0.5) is 14.5 Å². The molecule has 0 aliphatic carbocycles. The Hall–Kier alpha value is -1.90. The number of para-hydroxylation sites is 1. The molecule has 0 fully saturated rings. The summed E-state index contributed by atoms with van der Waals surface area (Å²) in [5.74, 6) is -1.13. The normalized spacial score (nSPS) is 12.2. The van der Waals surface area contributed by atoms with Crippen molar-refractivity contribution in [3.63, 3.8) is 0 Å². The SMILES string of the molecule is CCC(Nc1c(F)cccc1F)c1ccccc1. The maximum absolute atomic E-state index is 13.6. The van der Waals surface area contributed by atoms with Crippen molar-refractivity contribution in [2.45, 2.75) is 19.4 Å². The van der Waals surface area contributed by atoms with Gasteiger partial charge in [-0.1, -0.05) is 43.3 Å². The molecule has 1 N–H and O–H groups in total. The minimum absolute atomic E-state index is 0.0618. The van der Waals surface area contributed by atoms with Crippen molar-refractivity contribution in [2.75, 3.05) is 5.32 Å². The van der Waals surface area contributed by atoms with Crippen LogP contribution in [0.25, 0.3) is 0 Å². The van der Waals surface area contributed by atoms with Crippen molar-refractivity contribution in [1.29, 1.82) is 0 Å². The van der Waals surface area contributed by atoms with Crippen molar-refractivity contribution >= 4 is 5.69 Å². The summed E-state index contributed by atoms with van der Waals surface area (Å²) in [7, 11) is 0. The predicted molar refractivity (Wildman–Crippen MR) is 69.5 cm³/mol. The van der Waals surface area contributed by atoms with E-state index in [-0.39, 0.29) is 11.7 Å². The van der Waals surface area contributed by atoms with Crippen molar-refractivity contribution < 1.29 is 8.78 Å². The van der Waals surface area contributed by atoms with E-state index < -0.39 is 11.6 Å². The molecule has 0 saturated carbocycles. The maximum atomic E-state index is 13.6. The second-order valence-corrected chi connectivity index (χ2v) is 4.11. The Balaban J connectivity index is 2.26. The van der Waals surface area contributed by atoms with Gasteiger partial charge in [0.25, 0.3) is 0 Å². The summed E-state index contributed by atoms with van der Waals surface area (Å²) < 4.78 is 27.1. The van der Waals surface area contributed by atoms with Gasteiger partial charge in [-0.3, -0.25) is 0 Å². The van der Waals surface area contributed by atoms with Crippen LogP contribution < -0.4 is 5.32 Å². The van der Waals surface area contributed by atoms with Gasteiger partial charge in [-0.25, -0.2) is 8.78 Å². The highest BCUT2D eigenvalue weighted by atomic mass is 19.1. The molecular weight excluding hydrogens is 232 g/mol. The van der Waals surface area contributed by atoms with Crippen molar-refractivity contribution in [3.05, 3.63) is 65.7 Å². The van der Waals surface area contributed by atoms with Crippen LogP contribution in [0.3, 0.4) is 0 Å². The molecule has 0 amide bonds. The van der Waals surface area contributed by atoms with Gasteiger partial charge in [-0.2, -0.15) is 0 Å². The first kappa shape index (κ1) is 12.6. The molecule has 0 aliphatic heterocycles. The summed E-state index contributed by atoms with van der Waals surface area (Å²) >= 11 is 0. The first-order valence-corrected chi connectivity index (χ1v) is 5.98. The van der Waals surface area contributed by atoms with Gasteiger partial charge in [0.1, 0.15) is 17.3 Å². The minimum atomic E-state index is -0.565. The third-order valence-corrected chi connectivity index (χ3v) is 2.89. The Bertz CT molecular complexity index is 491. The molecule has 2 rings (SSSR count). The van der Waals surface area contributed by atoms with E-state index in [4.69, 9.17) is 0 Å². The first-order valence-electron chi connectivity index (χ1n) is 5.98. The largest absolute Gasteiger partial charge is 0.374 e. The molecule has 2 aromatic carbocycles. The number of rotatable bonds is 4. The molecule has 0 saturated heterocycles. The molecular formula is C15H15F2N. The molecule has 0 aliphatic rings. The topological polar surface area (TPSA) is 12.0 Å². The highest BCUT2D eigenvalue weighted by molar-refractivity contribution is 5.48. The molecule has 0 heterocycles. The number of hydrogen-bond acceptors (Lipinski definition) is 1. The third-order valence-electron chi connectivity index (χ3n) is 2.89. The Morgan fingerprint density at radius 2 is 1.56 bits per heavy atom. The van der Waals surface area contributed by atoms with Gasteiger partial charge in [0.05, 0.1) is 6.04 Å². The fraction of sp³-hybridized carbons (Fsp3) is 0.200. The third kappa shape index (κ3) is 2.67. The number of nitrogens with one attached hydrogen (secondary N) is 1. The molecule has 0 aromatic heterocycles. The highest BCUT2D eigenvalue weighted by Gasteiger charge is 2.14. The second-order valence-electron chi connectivity index (χ2n) is 4.11. The Morgan fingerprint density at radius 3 is 2.11 bits per heavy atom. The quantitative estimate of drug-likeness (QED) is 0.837. The van der Waals surface area contributed by atoms with Crippen LogP contribution in [0.15, 0.2) is 48.5 Å². The van der Waals surface area contributed by atoms with E-state index in [1.165, 1.54) is 18.2 Å². The van der Waals surface area contributed by atoms with Gasteiger partial charge in [0.15, 0.2) is 0 Å². The lowest BCUT2D eigenvalue weighted by Crippen LogP contribution is -2.12. The zero-order chi connectivity index (χ0) is 13.0. The highest BCUT2D eigenvalue weighted by Crippen LogP contribution is 2.26. The van der Waals surface area contributed by atoms with Crippen molar-refractivity contribution in [2.24, 2.45) is 0 Å². The van der Waals surface area contributed by atoms with Crippen LogP contribution in [0, 0.1) is 11.6 Å². The van der Waals surface area contributed by atoms with Gasteiger partial charge in [0, 0.05) is 0 Å². The average molecular weight is 247 g/mol. The maximum Gasteiger partial charge on any atom is 0.149 e. The standard InChI is InChI=1S/C15H15F2N/c1-2-14(11-7-4-3-5-8-11)18-15-12(16)9-6-10-13(15)17/h3-10,14,18H,2H2,1H3. The molecule has 1 unspecified atom stereocenters. The van der Waals surface area contributed by atoms with Crippen LogP contribution in [0.2, 0.25) is 0 Å². The summed E-state index contributed by atoms with van der Waals surface area (Å²) in [6.45, 7) is 1.98. The molecule has 18 heavy (non-hydrogen) atoms. The van der Waals surface area contributed by atoms with Gasteiger partial charge in [0.2, 0.25) is 0 Å². The van der Waals surface area contributed by atoms with Crippen LogP contribution in [0.5, 0.6) is 0 Å². The van der Waals surface area contributed by atoms with E-state index in [1.54, 1.807) is 0 Å². The molecule has 3 heteroatoms. The Labute approximate surface area is 105 Å². The van der Waals surface area contributed by atoms with Crippen molar-refractivity contribution in [1.82, 2.24) is 0 Å². The van der Waals surface area contributed by atoms with E-state index in [2.05, 4.69) is 5.32 Å². The molecule has 1 atom stereocenters. The molecule has 1 nitrogen and oxygen atoms in total. The van der Waals surface area contributed by atoms with Crippen LogP contribution >= 0.6 is 0 Å². The van der Waals surface area contributed by atoms with Gasteiger partial charge in [-0.05, 0) is 24.1 Å². The molecule has 94 valence electrons. The summed E-state index contributed by atoms with van der Waals surface area (Å²) in [4.78, 5) is 0. The summed E-state index contributed by atoms with van der Waals surface area (Å²) in [5.41, 5.74) is 0.954. The van der Waals surface area contributed by atoms with E-state index in [1.807, 2.05) is 37.3 Å². The monoisotopic (exact) mass is 247 g/mol. The lowest BCUT2D eigenvalue weighted by atomic mass is 10.0. The van der Waals surface area contributed by atoms with Crippen LogP contribution in [0.1, 0.15) is 24.9 Å². The van der Waals surface area contributed by atoms with Gasteiger partial charge >= 0.3 is 0 Å². The Morgan fingerprint density at radius 1 is 0.944 bits per heavy atom. The molecule has 2 aromatic rings. The molecule has 0 radical (unpaired) electrons. The van der Waals surface area contributed by atoms with E-state index >= 15 is 0 Å². The molecule has 0 spiro atoms. The smallest absolute Gasteiger partial charge is 0.149 e. The minimum Gasteiger partial charge on any atom is -0.374 e. The average Bonchev–Trinajstić information content (AvgIpc) is 2.40. The van der Waals surface area contributed by atoms with Crippen LogP contribution in [-0.4, -0.2) is 0 Å². The van der Waals surface area contributed by atoms with Gasteiger partial charge < -0.3 is 5.32 Å². The van der Waals surface area contributed by atoms with Crippen LogP contribution in [-0.2, 0) is 0 Å². The summed E-state index contributed by atoms with van der Waals surface area (Å²) in [6.07, 6.45) is 0.748. The first-order chi connectivity index (χ1) is 8.72. The molecule has 0 bridgehead atoms. The van der Waals surface area contributed by atoms with E-state index in [0.717, 1.165) is 12.0 Å². The summed E-state index contributed by atoms with van der Waals surface area (Å²) in [6, 6.07) is 13.4. The fourth-order valence-corrected chi connectivity index (χ4v) is 1.92. The predicted octanol–water partition coefficient (Wildman–Crippen LogP) is 4.53. The zero-order valence-corrected chi connectivity index (χ0v) is 10.2. The summed E-state index contributed by atoms with van der Waals surface area (Å²) in [5, 5.41) is 2.93. The van der Waals surface area contributed by atoms with Gasteiger partial charge in [-0.15, -0.1) is 0 Å². The van der Waals surface area contributed by atoms with E-state index in [0.29, 0.717) is 0 Å². The number of anilines is 1. The Kier molecular flexibility index (Phi) is 3.92. The lowest BCUT2D eigenvalue weighted by molar-refractivity contribution is 0.581. The van der Waals surface area contributed by atoms with E-state index in [9.17, 15) is 8.78 Å². The lowest BCUT2D eigenvalue weighted by Gasteiger charge is -2.19. The number of hydrogen-bond donors (Lipinski definition) is 1. The number of halogens is 2. The number of benzene rings is 2. The fourth-order valence-electron chi connectivity index (χ4n) is 1.92. The van der Waals surface area contributed by atoms with Crippen molar-refractivity contribution in [3.8, 4) is 0 Å².